The molecule has 3 aliphatic rings. The Labute approximate surface area is 181 Å². The van der Waals surface area contributed by atoms with E-state index in [1.54, 1.807) is 14.2 Å². The quantitative estimate of drug-likeness (QED) is 0.594. The van der Waals surface area contributed by atoms with Crippen LogP contribution in [0.1, 0.15) is 37.3 Å². The fraction of sp³-hybridized carbons (Fsp3) is 0.538. The van der Waals surface area contributed by atoms with E-state index < -0.39 is 0 Å². The van der Waals surface area contributed by atoms with Crippen LogP contribution in [-0.4, -0.2) is 49.7 Å². The van der Waals surface area contributed by atoms with E-state index in [0.717, 1.165) is 43.0 Å². The van der Waals surface area contributed by atoms with Gasteiger partial charge in [-0.15, -0.1) is 0 Å². The Balaban J connectivity index is 1.47. The van der Waals surface area contributed by atoms with Crippen LogP contribution in [-0.2, 0) is 13.1 Å². The Kier molecular flexibility index (Phi) is 6.96. The summed E-state index contributed by atoms with van der Waals surface area (Å²) in [5.74, 6) is 3.67. The second kappa shape index (κ2) is 9.84. The molecule has 3 saturated heterocycles. The molecule has 0 saturated carbocycles. The second-order valence-electron chi connectivity index (χ2n) is 8.97. The molecule has 3 aliphatic heterocycles. The SMILES string of the molecule is CC[C@H]1CN2CC[C@H]1C[C@@H]2CN(Cc1ccc(OC)cc1)Cc1ccc(OC)cc1. The van der Waals surface area contributed by atoms with Crippen LogP contribution in [0.4, 0.5) is 0 Å². The molecule has 2 bridgehead atoms. The smallest absolute Gasteiger partial charge is 0.118 e. The highest BCUT2D eigenvalue weighted by molar-refractivity contribution is 5.28. The van der Waals surface area contributed by atoms with Crippen molar-refractivity contribution >= 4 is 0 Å². The van der Waals surface area contributed by atoms with Gasteiger partial charge in [-0.3, -0.25) is 9.80 Å². The molecule has 162 valence electrons. The fourth-order valence-corrected chi connectivity index (χ4v) is 5.36. The molecule has 0 N–H and O–H groups in total. The molecule has 2 aromatic rings. The standard InChI is InChI=1S/C26H36N2O2/c1-4-22-18-28-14-13-23(22)15-24(28)19-27(16-20-5-9-25(29-2)10-6-20)17-21-7-11-26(30-3)12-8-21/h5-12,22-24H,4,13-19H2,1-3H3/t22-,23-,24+/m0/s1. The topological polar surface area (TPSA) is 24.9 Å². The molecule has 2 aromatic carbocycles. The molecule has 30 heavy (non-hydrogen) atoms. The van der Waals surface area contributed by atoms with Gasteiger partial charge < -0.3 is 9.47 Å². The second-order valence-corrected chi connectivity index (χ2v) is 8.97. The molecule has 3 fully saturated rings. The van der Waals surface area contributed by atoms with E-state index in [0.29, 0.717) is 6.04 Å². The summed E-state index contributed by atoms with van der Waals surface area (Å²) in [4.78, 5) is 5.39. The van der Waals surface area contributed by atoms with Gasteiger partial charge in [-0.2, -0.15) is 0 Å². The Morgan fingerprint density at radius 2 is 1.47 bits per heavy atom. The van der Waals surface area contributed by atoms with Crippen molar-refractivity contribution < 1.29 is 9.47 Å². The Hall–Kier alpha value is -2.04. The predicted octanol–water partition coefficient (Wildman–Crippen LogP) is 4.83. The Bertz CT molecular complexity index is 740. The first-order valence-corrected chi connectivity index (χ1v) is 11.4. The van der Waals surface area contributed by atoms with Crippen LogP contribution in [0.2, 0.25) is 0 Å². The number of piperidine rings is 3. The minimum atomic E-state index is 0.683. The lowest BCUT2D eigenvalue weighted by molar-refractivity contribution is -0.0161. The average molecular weight is 409 g/mol. The van der Waals surface area contributed by atoms with Gasteiger partial charge in [-0.1, -0.05) is 37.6 Å². The summed E-state index contributed by atoms with van der Waals surface area (Å²) < 4.78 is 10.7. The molecule has 4 atom stereocenters. The summed E-state index contributed by atoms with van der Waals surface area (Å²) in [7, 11) is 3.45. The largest absolute Gasteiger partial charge is 0.497 e. The first-order chi connectivity index (χ1) is 14.7. The van der Waals surface area contributed by atoms with Gasteiger partial charge in [0.05, 0.1) is 14.2 Å². The van der Waals surface area contributed by atoms with Crippen LogP contribution in [0.25, 0.3) is 0 Å². The summed E-state index contributed by atoms with van der Waals surface area (Å²) in [6.45, 7) is 7.99. The minimum absolute atomic E-state index is 0.683. The van der Waals surface area contributed by atoms with Crippen LogP contribution in [0.15, 0.2) is 48.5 Å². The highest BCUT2D eigenvalue weighted by atomic mass is 16.5. The van der Waals surface area contributed by atoms with Crippen molar-refractivity contribution in [1.82, 2.24) is 9.80 Å². The van der Waals surface area contributed by atoms with Crippen molar-refractivity contribution in [3.63, 3.8) is 0 Å². The van der Waals surface area contributed by atoms with E-state index in [1.165, 1.54) is 43.5 Å². The van der Waals surface area contributed by atoms with Gasteiger partial charge in [-0.25, -0.2) is 0 Å². The van der Waals surface area contributed by atoms with Gasteiger partial charge in [-0.05, 0) is 66.6 Å². The lowest BCUT2D eigenvalue weighted by Crippen LogP contribution is -2.56. The maximum atomic E-state index is 5.34. The summed E-state index contributed by atoms with van der Waals surface area (Å²) in [5.41, 5.74) is 2.68. The zero-order valence-corrected chi connectivity index (χ0v) is 18.7. The summed E-state index contributed by atoms with van der Waals surface area (Å²) >= 11 is 0. The van der Waals surface area contributed by atoms with E-state index in [9.17, 15) is 0 Å². The van der Waals surface area contributed by atoms with Gasteiger partial charge in [0.2, 0.25) is 0 Å². The van der Waals surface area contributed by atoms with E-state index in [4.69, 9.17) is 9.47 Å². The molecule has 5 rings (SSSR count). The predicted molar refractivity (Wildman–Crippen MR) is 122 cm³/mol. The van der Waals surface area contributed by atoms with Gasteiger partial charge >= 0.3 is 0 Å². The molecular formula is C26H36N2O2. The normalized spacial score (nSPS) is 25.5. The molecule has 0 aliphatic carbocycles. The van der Waals surface area contributed by atoms with Gasteiger partial charge in [0.25, 0.3) is 0 Å². The van der Waals surface area contributed by atoms with Crippen molar-refractivity contribution in [2.24, 2.45) is 11.8 Å². The number of hydrogen-bond donors (Lipinski definition) is 0. The van der Waals surface area contributed by atoms with Crippen molar-refractivity contribution in [2.75, 3.05) is 33.9 Å². The first kappa shape index (κ1) is 21.2. The number of rotatable bonds is 9. The third-order valence-electron chi connectivity index (χ3n) is 7.14. The highest BCUT2D eigenvalue weighted by Crippen LogP contribution is 2.38. The van der Waals surface area contributed by atoms with E-state index in [1.807, 2.05) is 0 Å². The van der Waals surface area contributed by atoms with Gasteiger partial charge in [0, 0.05) is 32.2 Å². The van der Waals surface area contributed by atoms with E-state index >= 15 is 0 Å². The first-order valence-electron chi connectivity index (χ1n) is 11.4. The third-order valence-corrected chi connectivity index (χ3v) is 7.14. The maximum Gasteiger partial charge on any atom is 0.118 e. The molecule has 0 radical (unpaired) electrons. The van der Waals surface area contributed by atoms with Crippen LogP contribution in [0.5, 0.6) is 11.5 Å². The molecule has 1 unspecified atom stereocenters. The zero-order chi connectivity index (χ0) is 20.9. The molecular weight excluding hydrogens is 372 g/mol. The lowest BCUT2D eigenvalue weighted by atomic mass is 9.74. The Morgan fingerprint density at radius 3 is 1.90 bits per heavy atom. The number of fused-ring (bicyclic) bond motifs is 3. The molecule has 0 amide bonds. The zero-order valence-electron chi connectivity index (χ0n) is 18.7. The lowest BCUT2D eigenvalue weighted by Gasteiger charge is -2.51. The van der Waals surface area contributed by atoms with E-state index in [-0.39, 0.29) is 0 Å². The monoisotopic (exact) mass is 408 g/mol. The van der Waals surface area contributed by atoms with Crippen LogP contribution in [0.3, 0.4) is 0 Å². The summed E-state index contributed by atoms with van der Waals surface area (Å²) in [6, 6.07) is 17.7. The van der Waals surface area contributed by atoms with Crippen LogP contribution >= 0.6 is 0 Å². The number of ether oxygens (including phenoxy) is 2. The molecule has 4 nitrogen and oxygen atoms in total. The molecule has 0 spiro atoms. The number of benzene rings is 2. The molecule has 3 heterocycles. The minimum Gasteiger partial charge on any atom is -0.497 e. The van der Waals surface area contributed by atoms with Crippen LogP contribution in [0, 0.1) is 11.8 Å². The van der Waals surface area contributed by atoms with Crippen molar-refractivity contribution in [2.45, 2.75) is 45.3 Å². The third kappa shape index (κ3) is 4.98. The Morgan fingerprint density at radius 1 is 0.900 bits per heavy atom. The average Bonchev–Trinajstić information content (AvgIpc) is 2.80. The van der Waals surface area contributed by atoms with Crippen LogP contribution < -0.4 is 9.47 Å². The number of hydrogen-bond acceptors (Lipinski definition) is 4. The van der Waals surface area contributed by atoms with Crippen molar-refractivity contribution in [1.29, 1.82) is 0 Å². The van der Waals surface area contributed by atoms with Gasteiger partial charge in [0.1, 0.15) is 11.5 Å². The molecule has 4 heteroatoms. The fourth-order valence-electron chi connectivity index (χ4n) is 5.36. The summed E-state index contributed by atoms with van der Waals surface area (Å²) in [6.07, 6.45) is 4.08. The van der Waals surface area contributed by atoms with Gasteiger partial charge in [0.15, 0.2) is 0 Å². The van der Waals surface area contributed by atoms with E-state index in [2.05, 4.69) is 65.3 Å². The van der Waals surface area contributed by atoms with Crippen molar-refractivity contribution in [3.05, 3.63) is 59.7 Å². The maximum absolute atomic E-state index is 5.34. The molecule has 0 aromatic heterocycles. The highest BCUT2D eigenvalue weighted by Gasteiger charge is 2.39. The number of methoxy groups -OCH3 is 2. The number of nitrogens with zero attached hydrogens (tertiary/aromatic N) is 2. The van der Waals surface area contributed by atoms with Crippen molar-refractivity contribution in [3.8, 4) is 11.5 Å². The summed E-state index contributed by atoms with van der Waals surface area (Å²) in [5, 5.41) is 0.